The van der Waals surface area contributed by atoms with Gasteiger partial charge in [0.1, 0.15) is 5.82 Å². The maximum Gasteiger partial charge on any atom is 0.237 e. The van der Waals surface area contributed by atoms with Crippen LogP contribution < -0.4 is 11.1 Å². The lowest BCUT2D eigenvalue weighted by molar-refractivity contribution is -0.123. The van der Waals surface area contributed by atoms with Gasteiger partial charge in [0.2, 0.25) is 5.91 Å². The molecule has 0 bridgehead atoms. The van der Waals surface area contributed by atoms with E-state index in [0.717, 1.165) is 5.75 Å². The van der Waals surface area contributed by atoms with Gasteiger partial charge in [0.25, 0.3) is 0 Å². The van der Waals surface area contributed by atoms with Gasteiger partial charge in [-0.1, -0.05) is 17.7 Å². The number of carbonyl (C=O) groups excluding carboxylic acids is 1. The minimum atomic E-state index is -0.583. The topological polar surface area (TPSA) is 55.1 Å². The highest BCUT2D eigenvalue weighted by Crippen LogP contribution is 2.25. The van der Waals surface area contributed by atoms with Gasteiger partial charge in [-0.25, -0.2) is 4.39 Å². The second-order valence-electron chi connectivity index (χ2n) is 4.25. The first-order valence-corrected chi connectivity index (χ1v) is 7.73. The monoisotopic (exact) mass is 304 g/mol. The normalized spacial score (nSPS) is 13.9. The summed E-state index contributed by atoms with van der Waals surface area (Å²) >= 11 is 7.57. The van der Waals surface area contributed by atoms with Crippen molar-refractivity contribution in [2.24, 2.45) is 5.73 Å². The van der Waals surface area contributed by atoms with Gasteiger partial charge in [0.05, 0.1) is 12.1 Å². The van der Waals surface area contributed by atoms with E-state index in [4.69, 9.17) is 17.3 Å². The summed E-state index contributed by atoms with van der Waals surface area (Å²) in [5.74, 6) is 0.0857. The molecule has 0 radical (unpaired) electrons. The van der Waals surface area contributed by atoms with Crippen LogP contribution in [-0.2, 0) is 4.79 Å². The number of nitrogens with two attached hydrogens (primary N) is 1. The Labute approximate surface area is 122 Å². The van der Waals surface area contributed by atoms with Gasteiger partial charge in [0, 0.05) is 10.6 Å². The van der Waals surface area contributed by atoms with Gasteiger partial charge in [0.15, 0.2) is 0 Å². The number of carbonyl (C=O) groups is 1. The molecular weight excluding hydrogens is 287 g/mol. The molecule has 0 aliphatic heterocycles. The van der Waals surface area contributed by atoms with Crippen LogP contribution in [0.1, 0.15) is 24.9 Å². The van der Waals surface area contributed by atoms with Gasteiger partial charge >= 0.3 is 0 Å². The average molecular weight is 305 g/mol. The SMILES string of the molecule is CSCC[C@H](N)C(=O)NC(C)c1c(F)cccc1Cl. The van der Waals surface area contributed by atoms with Gasteiger partial charge in [-0.2, -0.15) is 11.8 Å². The Bertz CT molecular complexity index is 424. The molecule has 19 heavy (non-hydrogen) atoms. The van der Waals surface area contributed by atoms with Crippen LogP contribution in [0.4, 0.5) is 4.39 Å². The van der Waals surface area contributed by atoms with E-state index >= 15 is 0 Å². The van der Waals surface area contributed by atoms with E-state index in [-0.39, 0.29) is 11.5 Å². The average Bonchev–Trinajstić information content (AvgIpc) is 2.35. The molecule has 3 N–H and O–H groups in total. The van der Waals surface area contributed by atoms with Crippen LogP contribution in [0, 0.1) is 5.82 Å². The smallest absolute Gasteiger partial charge is 0.237 e. The van der Waals surface area contributed by atoms with Crippen LogP contribution in [-0.4, -0.2) is 24.0 Å². The fraction of sp³-hybridized carbons (Fsp3) is 0.462. The molecule has 106 valence electrons. The summed E-state index contributed by atoms with van der Waals surface area (Å²) < 4.78 is 13.7. The number of rotatable bonds is 6. The number of thioether (sulfide) groups is 1. The molecule has 0 heterocycles. The first-order valence-electron chi connectivity index (χ1n) is 5.96. The molecule has 0 aromatic heterocycles. The summed E-state index contributed by atoms with van der Waals surface area (Å²) in [5, 5.41) is 2.99. The summed E-state index contributed by atoms with van der Waals surface area (Å²) in [6, 6.07) is 3.34. The number of amides is 1. The lowest BCUT2D eigenvalue weighted by atomic mass is 10.1. The van der Waals surface area contributed by atoms with E-state index in [9.17, 15) is 9.18 Å². The van der Waals surface area contributed by atoms with Crippen molar-refractivity contribution >= 4 is 29.3 Å². The van der Waals surface area contributed by atoms with Crippen LogP contribution in [0.3, 0.4) is 0 Å². The van der Waals surface area contributed by atoms with E-state index in [1.807, 2.05) is 6.26 Å². The Kier molecular flexibility index (Phi) is 6.62. The Morgan fingerprint density at radius 1 is 1.58 bits per heavy atom. The molecule has 0 fully saturated rings. The molecule has 6 heteroatoms. The Morgan fingerprint density at radius 2 is 2.26 bits per heavy atom. The first-order chi connectivity index (χ1) is 8.97. The number of nitrogens with one attached hydrogen (secondary N) is 1. The molecule has 1 rings (SSSR count). The zero-order chi connectivity index (χ0) is 14.4. The number of halogens is 2. The van der Waals surface area contributed by atoms with Crippen molar-refractivity contribution in [2.75, 3.05) is 12.0 Å². The highest BCUT2D eigenvalue weighted by Gasteiger charge is 2.20. The number of hydrogen-bond acceptors (Lipinski definition) is 3. The maximum atomic E-state index is 13.7. The predicted octanol–water partition coefficient (Wildman–Crippen LogP) is 2.74. The minimum Gasteiger partial charge on any atom is -0.348 e. The van der Waals surface area contributed by atoms with E-state index in [0.29, 0.717) is 11.4 Å². The lowest BCUT2D eigenvalue weighted by Gasteiger charge is -2.19. The highest BCUT2D eigenvalue weighted by molar-refractivity contribution is 7.98. The molecule has 0 aliphatic rings. The van der Waals surface area contributed by atoms with Crippen molar-refractivity contribution in [1.29, 1.82) is 0 Å². The van der Waals surface area contributed by atoms with Crippen LogP contribution in [0.25, 0.3) is 0 Å². The van der Waals surface area contributed by atoms with E-state index in [1.54, 1.807) is 24.8 Å². The summed E-state index contributed by atoms with van der Waals surface area (Å²) in [6.45, 7) is 1.68. The molecule has 0 saturated heterocycles. The summed E-state index contributed by atoms with van der Waals surface area (Å²) in [4.78, 5) is 11.8. The van der Waals surface area contributed by atoms with Gasteiger partial charge in [-0.05, 0) is 37.5 Å². The van der Waals surface area contributed by atoms with E-state index in [2.05, 4.69) is 5.32 Å². The van der Waals surface area contributed by atoms with Crippen molar-refractivity contribution in [2.45, 2.75) is 25.4 Å². The molecule has 1 amide bonds. The van der Waals surface area contributed by atoms with Crippen molar-refractivity contribution in [3.05, 3.63) is 34.6 Å². The number of hydrogen-bond donors (Lipinski definition) is 2. The second kappa shape index (κ2) is 7.72. The molecular formula is C13H18ClFN2OS. The van der Waals surface area contributed by atoms with Crippen molar-refractivity contribution < 1.29 is 9.18 Å². The zero-order valence-electron chi connectivity index (χ0n) is 11.0. The maximum absolute atomic E-state index is 13.7. The standard InChI is InChI=1S/C13H18ClFN2OS/c1-8(12-9(14)4-3-5-10(12)15)17-13(18)11(16)6-7-19-2/h3-5,8,11H,6-7,16H2,1-2H3,(H,17,18)/t8?,11-/m0/s1. The highest BCUT2D eigenvalue weighted by atomic mass is 35.5. The van der Waals surface area contributed by atoms with Crippen LogP contribution in [0.15, 0.2) is 18.2 Å². The van der Waals surface area contributed by atoms with E-state index in [1.165, 1.54) is 12.1 Å². The molecule has 1 unspecified atom stereocenters. The van der Waals surface area contributed by atoms with Gasteiger partial charge in [-0.15, -0.1) is 0 Å². The van der Waals surface area contributed by atoms with Crippen molar-refractivity contribution in [3.8, 4) is 0 Å². The van der Waals surface area contributed by atoms with Crippen LogP contribution >= 0.6 is 23.4 Å². The summed E-state index contributed by atoms with van der Waals surface area (Å²) in [6.07, 6.45) is 2.54. The molecule has 3 nitrogen and oxygen atoms in total. The molecule has 1 aromatic rings. The fourth-order valence-corrected chi connectivity index (χ4v) is 2.51. The van der Waals surface area contributed by atoms with Gasteiger partial charge in [-0.3, -0.25) is 4.79 Å². The summed E-state index contributed by atoms with van der Waals surface area (Å²) in [7, 11) is 0. The van der Waals surface area contributed by atoms with Gasteiger partial charge < -0.3 is 11.1 Å². The fourth-order valence-electron chi connectivity index (χ4n) is 1.69. The largest absolute Gasteiger partial charge is 0.348 e. The minimum absolute atomic E-state index is 0.287. The van der Waals surface area contributed by atoms with E-state index < -0.39 is 17.9 Å². The molecule has 1 aromatic carbocycles. The Morgan fingerprint density at radius 3 is 2.84 bits per heavy atom. The Hall–Kier alpha value is -0.780. The summed E-state index contributed by atoms with van der Waals surface area (Å²) in [5.41, 5.74) is 6.04. The quantitative estimate of drug-likeness (QED) is 0.849. The third-order valence-electron chi connectivity index (χ3n) is 2.76. The molecule has 0 aliphatic carbocycles. The van der Waals surface area contributed by atoms with Crippen LogP contribution in [0.2, 0.25) is 5.02 Å². The third kappa shape index (κ3) is 4.67. The molecule has 2 atom stereocenters. The molecule has 0 saturated carbocycles. The Balaban J connectivity index is 2.69. The second-order valence-corrected chi connectivity index (χ2v) is 5.65. The van der Waals surface area contributed by atoms with Crippen molar-refractivity contribution in [1.82, 2.24) is 5.32 Å². The molecule has 0 spiro atoms. The zero-order valence-corrected chi connectivity index (χ0v) is 12.5. The predicted molar refractivity (Wildman–Crippen MR) is 78.9 cm³/mol. The third-order valence-corrected chi connectivity index (χ3v) is 3.73. The lowest BCUT2D eigenvalue weighted by Crippen LogP contribution is -2.42. The first kappa shape index (κ1) is 16.3. The van der Waals surface area contributed by atoms with Crippen LogP contribution in [0.5, 0.6) is 0 Å². The van der Waals surface area contributed by atoms with Crippen molar-refractivity contribution in [3.63, 3.8) is 0 Å². The number of benzene rings is 1.